The van der Waals surface area contributed by atoms with Gasteiger partial charge < -0.3 is 14.5 Å². The fourth-order valence-electron chi connectivity index (χ4n) is 3.22. The third-order valence-electron chi connectivity index (χ3n) is 4.66. The van der Waals surface area contributed by atoms with E-state index in [1.807, 2.05) is 4.90 Å². The van der Waals surface area contributed by atoms with Crippen LogP contribution < -0.4 is 0 Å². The van der Waals surface area contributed by atoms with Crippen LogP contribution in [0.25, 0.3) is 0 Å². The molecule has 4 amide bonds. The van der Waals surface area contributed by atoms with E-state index in [9.17, 15) is 14.4 Å². The number of imide groups is 1. The van der Waals surface area contributed by atoms with Crippen LogP contribution in [-0.4, -0.2) is 78.5 Å². The Labute approximate surface area is 130 Å². The molecule has 0 spiro atoms. The van der Waals surface area contributed by atoms with Crippen molar-refractivity contribution in [3.63, 3.8) is 0 Å². The summed E-state index contributed by atoms with van der Waals surface area (Å²) in [5.41, 5.74) is 0. The Morgan fingerprint density at radius 3 is 2.73 bits per heavy atom. The van der Waals surface area contributed by atoms with Gasteiger partial charge in [0, 0.05) is 26.6 Å². The molecule has 1 saturated carbocycles. The molecule has 122 valence electrons. The van der Waals surface area contributed by atoms with E-state index in [4.69, 9.17) is 4.74 Å². The topological polar surface area (TPSA) is 70.2 Å². The van der Waals surface area contributed by atoms with E-state index >= 15 is 0 Å². The first-order valence-corrected chi connectivity index (χ1v) is 8.00. The molecular weight excluding hydrogens is 286 g/mol. The third-order valence-corrected chi connectivity index (χ3v) is 4.66. The Hall–Kier alpha value is -1.63. The fourth-order valence-corrected chi connectivity index (χ4v) is 3.22. The standard InChI is InChI=1S/C15H23N3O4/c1-16-9-14(20)18(15(16)21)6-2-3-13(19)17-7-8-22-10-12(17)11-4-5-11/h11-12H,2-10H2,1H3. The van der Waals surface area contributed by atoms with Crippen LogP contribution in [0, 0.1) is 5.92 Å². The van der Waals surface area contributed by atoms with Crippen molar-refractivity contribution in [2.24, 2.45) is 5.92 Å². The van der Waals surface area contributed by atoms with Crippen LogP contribution in [0.4, 0.5) is 4.79 Å². The molecule has 2 aliphatic heterocycles. The summed E-state index contributed by atoms with van der Waals surface area (Å²) in [4.78, 5) is 40.4. The van der Waals surface area contributed by atoms with Crippen LogP contribution in [-0.2, 0) is 14.3 Å². The number of urea groups is 1. The minimum Gasteiger partial charge on any atom is -0.377 e. The highest BCUT2D eigenvalue weighted by Crippen LogP contribution is 2.36. The van der Waals surface area contributed by atoms with Gasteiger partial charge in [0.2, 0.25) is 11.8 Å². The molecule has 0 aromatic rings. The second-order valence-electron chi connectivity index (χ2n) is 6.35. The van der Waals surface area contributed by atoms with Crippen LogP contribution in [0.5, 0.6) is 0 Å². The summed E-state index contributed by atoms with van der Waals surface area (Å²) in [5, 5.41) is 0. The summed E-state index contributed by atoms with van der Waals surface area (Å²) in [6.45, 7) is 2.36. The fraction of sp³-hybridized carbons (Fsp3) is 0.800. The summed E-state index contributed by atoms with van der Waals surface area (Å²) in [6, 6.07) is -0.0397. The van der Waals surface area contributed by atoms with Crippen LogP contribution in [0.2, 0.25) is 0 Å². The first-order chi connectivity index (χ1) is 10.6. The van der Waals surface area contributed by atoms with Crippen molar-refractivity contribution in [3.8, 4) is 0 Å². The van der Waals surface area contributed by atoms with E-state index in [1.165, 1.54) is 22.6 Å². The molecule has 1 aliphatic carbocycles. The van der Waals surface area contributed by atoms with Crippen LogP contribution in [0.15, 0.2) is 0 Å². The van der Waals surface area contributed by atoms with Gasteiger partial charge in [-0.25, -0.2) is 4.79 Å². The van der Waals surface area contributed by atoms with Crippen molar-refractivity contribution in [3.05, 3.63) is 0 Å². The summed E-state index contributed by atoms with van der Waals surface area (Å²) in [7, 11) is 1.61. The van der Waals surface area contributed by atoms with Crippen molar-refractivity contribution < 1.29 is 19.1 Å². The monoisotopic (exact) mass is 309 g/mol. The molecule has 0 N–H and O–H groups in total. The number of ether oxygens (including phenoxy) is 1. The molecule has 0 aromatic carbocycles. The lowest BCUT2D eigenvalue weighted by molar-refractivity contribution is -0.141. The van der Waals surface area contributed by atoms with Gasteiger partial charge in [0.25, 0.3) is 0 Å². The molecule has 22 heavy (non-hydrogen) atoms. The van der Waals surface area contributed by atoms with Crippen LogP contribution in [0.1, 0.15) is 25.7 Å². The molecule has 3 fully saturated rings. The van der Waals surface area contributed by atoms with Gasteiger partial charge in [-0.15, -0.1) is 0 Å². The maximum absolute atomic E-state index is 12.4. The molecule has 7 nitrogen and oxygen atoms in total. The molecule has 0 bridgehead atoms. The number of carbonyl (C=O) groups is 3. The van der Waals surface area contributed by atoms with Crippen molar-refractivity contribution >= 4 is 17.8 Å². The molecule has 2 heterocycles. The largest absolute Gasteiger partial charge is 0.377 e. The van der Waals surface area contributed by atoms with E-state index in [0.717, 1.165) is 0 Å². The number of nitrogens with zero attached hydrogens (tertiary/aromatic N) is 3. The number of morpholine rings is 1. The Morgan fingerprint density at radius 2 is 2.09 bits per heavy atom. The zero-order valence-corrected chi connectivity index (χ0v) is 13.0. The number of rotatable bonds is 5. The molecule has 1 atom stereocenters. The number of likely N-dealkylation sites (N-methyl/N-ethyl adjacent to an activating group) is 1. The lowest BCUT2D eigenvalue weighted by Gasteiger charge is -2.36. The van der Waals surface area contributed by atoms with Gasteiger partial charge in [0.15, 0.2) is 0 Å². The highest BCUT2D eigenvalue weighted by Gasteiger charge is 2.39. The Bertz CT molecular complexity index is 477. The zero-order chi connectivity index (χ0) is 15.7. The van der Waals surface area contributed by atoms with E-state index in [1.54, 1.807) is 7.05 Å². The second-order valence-corrected chi connectivity index (χ2v) is 6.35. The summed E-state index contributed by atoms with van der Waals surface area (Å²) in [6.07, 6.45) is 3.27. The number of amides is 4. The highest BCUT2D eigenvalue weighted by atomic mass is 16.5. The minimum atomic E-state index is -0.264. The second kappa shape index (κ2) is 6.24. The molecular formula is C15H23N3O4. The number of hydrogen-bond acceptors (Lipinski definition) is 4. The Kier molecular flexibility index (Phi) is 4.33. The minimum absolute atomic E-state index is 0.118. The molecule has 0 aromatic heterocycles. The quantitative estimate of drug-likeness (QED) is 0.685. The summed E-state index contributed by atoms with van der Waals surface area (Å²) >= 11 is 0. The summed E-state index contributed by atoms with van der Waals surface area (Å²) < 4.78 is 5.49. The lowest BCUT2D eigenvalue weighted by Crippen LogP contribution is -2.49. The van der Waals surface area contributed by atoms with E-state index in [0.29, 0.717) is 45.1 Å². The van der Waals surface area contributed by atoms with Gasteiger partial charge in [0.05, 0.1) is 19.3 Å². The lowest BCUT2D eigenvalue weighted by atomic mass is 10.1. The normalized spacial score (nSPS) is 26.0. The molecule has 2 saturated heterocycles. The SMILES string of the molecule is CN1CC(=O)N(CCCC(=O)N2CCOCC2C2CC2)C1=O. The average Bonchev–Trinajstić information content (AvgIpc) is 3.31. The average molecular weight is 309 g/mol. The maximum atomic E-state index is 12.4. The zero-order valence-electron chi connectivity index (χ0n) is 13.0. The molecule has 0 radical (unpaired) electrons. The predicted octanol–water partition coefficient (Wildman–Crippen LogP) is 0.298. The van der Waals surface area contributed by atoms with Gasteiger partial charge in [-0.05, 0) is 25.2 Å². The first kappa shape index (κ1) is 15.3. The van der Waals surface area contributed by atoms with Crippen molar-refractivity contribution in [2.75, 3.05) is 39.9 Å². The molecule has 3 rings (SSSR count). The van der Waals surface area contributed by atoms with Gasteiger partial charge >= 0.3 is 6.03 Å². The third kappa shape index (κ3) is 3.09. The maximum Gasteiger partial charge on any atom is 0.326 e. The Morgan fingerprint density at radius 1 is 1.32 bits per heavy atom. The first-order valence-electron chi connectivity index (χ1n) is 8.00. The predicted molar refractivity (Wildman–Crippen MR) is 78.0 cm³/mol. The number of hydrogen-bond donors (Lipinski definition) is 0. The molecule has 1 unspecified atom stereocenters. The van der Waals surface area contributed by atoms with Crippen molar-refractivity contribution in [2.45, 2.75) is 31.7 Å². The summed E-state index contributed by atoms with van der Waals surface area (Å²) in [5.74, 6) is 0.537. The van der Waals surface area contributed by atoms with Crippen LogP contribution >= 0.6 is 0 Å². The van der Waals surface area contributed by atoms with E-state index in [-0.39, 0.29) is 30.4 Å². The van der Waals surface area contributed by atoms with E-state index < -0.39 is 0 Å². The van der Waals surface area contributed by atoms with Gasteiger partial charge in [-0.1, -0.05) is 0 Å². The van der Waals surface area contributed by atoms with Gasteiger partial charge in [-0.2, -0.15) is 0 Å². The van der Waals surface area contributed by atoms with Crippen molar-refractivity contribution in [1.82, 2.24) is 14.7 Å². The van der Waals surface area contributed by atoms with Crippen LogP contribution in [0.3, 0.4) is 0 Å². The number of carbonyl (C=O) groups excluding carboxylic acids is 3. The smallest absolute Gasteiger partial charge is 0.326 e. The Balaban J connectivity index is 1.47. The molecule has 3 aliphatic rings. The van der Waals surface area contributed by atoms with Crippen molar-refractivity contribution in [1.29, 1.82) is 0 Å². The van der Waals surface area contributed by atoms with Gasteiger partial charge in [-0.3, -0.25) is 14.5 Å². The van der Waals surface area contributed by atoms with Gasteiger partial charge in [0.1, 0.15) is 6.54 Å². The highest BCUT2D eigenvalue weighted by molar-refractivity contribution is 6.01. The molecule has 7 heteroatoms. The van der Waals surface area contributed by atoms with E-state index in [2.05, 4.69) is 0 Å².